The number of benzene rings is 2. The Morgan fingerprint density at radius 3 is 2.63 bits per heavy atom. The Bertz CT molecular complexity index is 1360. The van der Waals surface area contributed by atoms with Crippen LogP contribution in [0.25, 0.3) is 0 Å². The van der Waals surface area contributed by atoms with Crippen molar-refractivity contribution in [1.82, 2.24) is 20.0 Å². The summed E-state index contributed by atoms with van der Waals surface area (Å²) in [4.78, 5) is 68.1. The smallest absolute Gasteiger partial charge is 0.266 e. The maximum absolute atomic E-state index is 13.2. The van der Waals surface area contributed by atoms with Crippen LogP contribution in [-0.4, -0.2) is 96.7 Å². The number of imide groups is 2. The van der Waals surface area contributed by atoms with Crippen LogP contribution in [0.2, 0.25) is 0 Å². The number of nitrogens with zero attached hydrogens (tertiary/aromatic N) is 3. The zero-order valence-electron chi connectivity index (χ0n) is 23.1. The van der Waals surface area contributed by atoms with Crippen molar-refractivity contribution in [2.24, 2.45) is 0 Å². The highest BCUT2D eigenvalue weighted by Crippen LogP contribution is 2.33. The topological polar surface area (TPSA) is 126 Å². The van der Waals surface area contributed by atoms with Gasteiger partial charge in [-0.15, -0.1) is 0 Å². The normalized spacial score (nSPS) is 19.6. The molecule has 0 bridgehead atoms. The Labute approximate surface area is 238 Å². The van der Waals surface area contributed by atoms with Gasteiger partial charge in [-0.25, -0.2) is 0 Å². The van der Waals surface area contributed by atoms with E-state index in [-0.39, 0.29) is 29.9 Å². The van der Waals surface area contributed by atoms with E-state index in [4.69, 9.17) is 9.47 Å². The van der Waals surface area contributed by atoms with Gasteiger partial charge in [0.25, 0.3) is 11.8 Å². The summed E-state index contributed by atoms with van der Waals surface area (Å²) in [7, 11) is 1.61. The second-order valence-electron chi connectivity index (χ2n) is 10.4. The third-order valence-corrected chi connectivity index (χ3v) is 7.74. The molecule has 5 rings (SSSR count). The summed E-state index contributed by atoms with van der Waals surface area (Å²) in [6.45, 7) is 4.11. The number of methoxy groups -OCH3 is 1. The van der Waals surface area contributed by atoms with Crippen LogP contribution in [0.15, 0.2) is 42.5 Å². The lowest BCUT2D eigenvalue weighted by atomic mass is 10.0. The average Bonchev–Trinajstić information content (AvgIpc) is 3.10. The second kappa shape index (κ2) is 12.5. The van der Waals surface area contributed by atoms with Crippen molar-refractivity contribution in [2.45, 2.75) is 38.1 Å². The van der Waals surface area contributed by atoms with Crippen LogP contribution in [0.4, 0.5) is 0 Å². The number of nitrogens with one attached hydrogen (secondary N) is 1. The number of carbonyl (C=O) groups excluding carboxylic acids is 5. The molecule has 0 aliphatic carbocycles. The first-order valence-electron chi connectivity index (χ1n) is 14.0. The van der Waals surface area contributed by atoms with Crippen LogP contribution in [0, 0.1) is 0 Å². The lowest BCUT2D eigenvalue weighted by Crippen LogP contribution is -2.54. The molecule has 1 atom stereocenters. The largest absolute Gasteiger partial charge is 0.497 e. The minimum atomic E-state index is -1.02. The third-order valence-electron chi connectivity index (χ3n) is 7.74. The van der Waals surface area contributed by atoms with Gasteiger partial charge in [0, 0.05) is 32.6 Å². The van der Waals surface area contributed by atoms with Gasteiger partial charge in [0.1, 0.15) is 17.5 Å². The molecule has 0 radical (unpaired) electrons. The second-order valence-corrected chi connectivity index (χ2v) is 10.4. The van der Waals surface area contributed by atoms with Gasteiger partial charge >= 0.3 is 0 Å². The van der Waals surface area contributed by atoms with Crippen molar-refractivity contribution in [3.63, 3.8) is 0 Å². The van der Waals surface area contributed by atoms with Crippen LogP contribution < -0.4 is 14.8 Å². The Kier molecular flexibility index (Phi) is 8.63. The predicted molar refractivity (Wildman–Crippen MR) is 148 cm³/mol. The van der Waals surface area contributed by atoms with Gasteiger partial charge in [-0.2, -0.15) is 0 Å². The molecular formula is C30H34N4O7. The Hall–Kier alpha value is -4.25. The van der Waals surface area contributed by atoms with E-state index in [1.807, 2.05) is 29.2 Å². The molecule has 216 valence electrons. The maximum Gasteiger partial charge on any atom is 0.266 e. The first-order valence-corrected chi connectivity index (χ1v) is 14.0. The zero-order chi connectivity index (χ0) is 28.9. The fraction of sp³-hybridized carbons (Fsp3) is 0.433. The number of ether oxygens (including phenoxy) is 2. The Morgan fingerprint density at radius 2 is 1.83 bits per heavy atom. The van der Waals surface area contributed by atoms with Crippen LogP contribution in [0.5, 0.6) is 11.5 Å². The molecule has 2 saturated heterocycles. The Morgan fingerprint density at radius 1 is 1.00 bits per heavy atom. The molecule has 11 heteroatoms. The fourth-order valence-electron chi connectivity index (χ4n) is 5.59. The molecule has 11 nitrogen and oxygen atoms in total. The summed E-state index contributed by atoms with van der Waals surface area (Å²) in [5, 5.41) is 2.20. The van der Waals surface area contributed by atoms with E-state index in [0.717, 1.165) is 42.3 Å². The van der Waals surface area contributed by atoms with Crippen molar-refractivity contribution in [1.29, 1.82) is 0 Å². The first-order chi connectivity index (χ1) is 19.9. The highest BCUT2D eigenvalue weighted by Gasteiger charge is 2.46. The number of fused-ring (bicyclic) bond motifs is 1. The highest BCUT2D eigenvalue weighted by atomic mass is 16.5. The maximum atomic E-state index is 13.2. The summed E-state index contributed by atoms with van der Waals surface area (Å²) in [6, 6.07) is 11.4. The minimum Gasteiger partial charge on any atom is -0.497 e. The summed E-state index contributed by atoms with van der Waals surface area (Å²) in [6.07, 6.45) is 2.09. The van der Waals surface area contributed by atoms with E-state index in [0.29, 0.717) is 38.3 Å². The molecule has 2 fully saturated rings. The summed E-state index contributed by atoms with van der Waals surface area (Å²) in [5.41, 5.74) is 1.28. The van der Waals surface area contributed by atoms with Crippen molar-refractivity contribution in [3.05, 3.63) is 59.2 Å². The number of carbonyl (C=O) groups is 5. The van der Waals surface area contributed by atoms with Crippen molar-refractivity contribution >= 4 is 29.5 Å². The van der Waals surface area contributed by atoms with Crippen LogP contribution >= 0.6 is 0 Å². The van der Waals surface area contributed by atoms with E-state index >= 15 is 0 Å². The van der Waals surface area contributed by atoms with E-state index in [2.05, 4.69) is 10.2 Å². The summed E-state index contributed by atoms with van der Waals surface area (Å²) in [5.74, 6) is -1.04. The number of amides is 5. The fourth-order valence-corrected chi connectivity index (χ4v) is 5.59. The predicted octanol–water partition coefficient (Wildman–Crippen LogP) is 1.64. The van der Waals surface area contributed by atoms with E-state index in [1.165, 1.54) is 0 Å². The van der Waals surface area contributed by atoms with Gasteiger partial charge in [-0.05, 0) is 55.6 Å². The molecule has 1 N–H and O–H groups in total. The van der Waals surface area contributed by atoms with Gasteiger partial charge < -0.3 is 19.3 Å². The number of hydrogen-bond acceptors (Lipinski definition) is 8. The number of rotatable bonds is 9. The monoisotopic (exact) mass is 562 g/mol. The molecule has 3 aliphatic heterocycles. The van der Waals surface area contributed by atoms with Crippen molar-refractivity contribution in [2.75, 3.05) is 46.4 Å². The summed E-state index contributed by atoms with van der Waals surface area (Å²) < 4.78 is 11.2. The molecule has 5 amide bonds. The lowest BCUT2D eigenvalue weighted by Gasteiger charge is -2.27. The van der Waals surface area contributed by atoms with Gasteiger partial charge in [0.05, 0.1) is 31.3 Å². The molecule has 2 aromatic carbocycles. The highest BCUT2D eigenvalue weighted by molar-refractivity contribution is 6.24. The minimum absolute atomic E-state index is 0.0673. The van der Waals surface area contributed by atoms with Crippen molar-refractivity contribution < 1.29 is 33.4 Å². The average molecular weight is 563 g/mol. The lowest BCUT2D eigenvalue weighted by molar-refractivity contribution is -0.136. The van der Waals surface area contributed by atoms with Crippen molar-refractivity contribution in [3.8, 4) is 11.5 Å². The van der Waals surface area contributed by atoms with Crippen LogP contribution in [0.3, 0.4) is 0 Å². The quantitative estimate of drug-likeness (QED) is 0.361. The zero-order valence-corrected chi connectivity index (χ0v) is 23.1. The molecule has 0 spiro atoms. The molecule has 3 heterocycles. The van der Waals surface area contributed by atoms with Gasteiger partial charge in [-0.3, -0.25) is 34.2 Å². The third kappa shape index (κ3) is 6.25. The van der Waals surface area contributed by atoms with Gasteiger partial charge in [0.15, 0.2) is 0 Å². The van der Waals surface area contributed by atoms with E-state index in [9.17, 15) is 24.0 Å². The molecule has 1 unspecified atom stereocenters. The molecule has 41 heavy (non-hydrogen) atoms. The van der Waals surface area contributed by atoms with E-state index in [1.54, 1.807) is 25.3 Å². The molecule has 2 aromatic rings. The molecule has 0 saturated carbocycles. The van der Waals surface area contributed by atoms with E-state index < -0.39 is 29.7 Å². The standard InChI is InChI=1S/C30H34N4O7/c1-40-21-7-2-6-20(18-21)19-26(36)33-14-4-12-32(15-16-33)13-5-17-41-24-9-3-8-22-27(24)30(39)34(29(22)38)23-10-11-25(35)31-28(23)37/h2-3,6-9,18,23H,4-5,10-17,19H2,1H3,(H,31,35,37). The van der Waals surface area contributed by atoms with Crippen LogP contribution in [0.1, 0.15) is 52.0 Å². The first kappa shape index (κ1) is 28.3. The van der Waals surface area contributed by atoms with Gasteiger partial charge in [0.2, 0.25) is 17.7 Å². The molecular weight excluding hydrogens is 528 g/mol. The molecule has 0 aromatic heterocycles. The van der Waals surface area contributed by atoms with Gasteiger partial charge in [-0.1, -0.05) is 18.2 Å². The Balaban J connectivity index is 1.11. The number of piperidine rings is 1. The SMILES string of the molecule is COc1cccc(CC(=O)N2CCCN(CCCOc3cccc4c3C(=O)N(C3CCC(=O)NC3=O)C4=O)CC2)c1. The summed E-state index contributed by atoms with van der Waals surface area (Å²) >= 11 is 0. The molecule has 3 aliphatic rings. The number of hydrogen-bond donors (Lipinski definition) is 1. The van der Waals surface area contributed by atoms with Crippen LogP contribution in [-0.2, 0) is 20.8 Å².